The molecule has 1 saturated heterocycles. The highest BCUT2D eigenvalue weighted by atomic mass is 16.1. The Balaban J connectivity index is 1.37. The Labute approximate surface area is 148 Å². The van der Waals surface area contributed by atoms with Crippen LogP contribution in [0.15, 0.2) is 30.6 Å². The van der Waals surface area contributed by atoms with Crippen molar-refractivity contribution < 1.29 is 4.79 Å². The van der Waals surface area contributed by atoms with Crippen LogP contribution in [0.2, 0.25) is 0 Å². The van der Waals surface area contributed by atoms with Crippen LogP contribution in [0.4, 0.5) is 5.82 Å². The van der Waals surface area contributed by atoms with Gasteiger partial charge in [0.1, 0.15) is 5.82 Å². The summed E-state index contributed by atoms with van der Waals surface area (Å²) in [5, 5.41) is 7.66. The molecule has 6 heteroatoms. The Hall–Kier alpha value is -2.37. The minimum atomic E-state index is 0.0339. The molecule has 4 rings (SSSR count). The topological polar surface area (TPSA) is 63.1 Å². The maximum Gasteiger partial charge on any atom is 0.254 e. The molecule has 2 aromatic heterocycles. The molecular weight excluding hydrogens is 314 g/mol. The van der Waals surface area contributed by atoms with E-state index in [-0.39, 0.29) is 11.9 Å². The number of hydrogen-bond donors (Lipinski definition) is 1. The van der Waals surface area contributed by atoms with Gasteiger partial charge in [-0.05, 0) is 51.2 Å². The fraction of sp³-hybridized carbons (Fsp3) is 0.526. The largest absolute Gasteiger partial charge is 0.356 e. The third kappa shape index (κ3) is 3.25. The molecule has 1 unspecified atom stereocenters. The van der Waals surface area contributed by atoms with Gasteiger partial charge in [-0.25, -0.2) is 4.98 Å². The van der Waals surface area contributed by atoms with Crippen LogP contribution in [-0.2, 0) is 6.42 Å². The second-order valence-corrected chi connectivity index (χ2v) is 7.11. The van der Waals surface area contributed by atoms with Gasteiger partial charge in [0.15, 0.2) is 0 Å². The van der Waals surface area contributed by atoms with Crippen LogP contribution in [0.5, 0.6) is 0 Å². The number of carbonyl (C=O) groups is 1. The average Bonchev–Trinajstić information content (AvgIpc) is 3.09. The van der Waals surface area contributed by atoms with Gasteiger partial charge in [-0.2, -0.15) is 5.10 Å². The summed E-state index contributed by atoms with van der Waals surface area (Å²) in [6.07, 6.45) is 8.69. The van der Waals surface area contributed by atoms with Crippen molar-refractivity contribution in [1.29, 1.82) is 0 Å². The molecular formula is C19H25N5O. The van der Waals surface area contributed by atoms with Gasteiger partial charge in [-0.1, -0.05) is 6.07 Å². The van der Waals surface area contributed by atoms with Crippen molar-refractivity contribution >= 4 is 11.7 Å². The van der Waals surface area contributed by atoms with Gasteiger partial charge < -0.3 is 10.2 Å². The van der Waals surface area contributed by atoms with Gasteiger partial charge >= 0.3 is 0 Å². The molecule has 0 radical (unpaired) electrons. The third-order valence-corrected chi connectivity index (χ3v) is 5.40. The van der Waals surface area contributed by atoms with Crippen molar-refractivity contribution in [3.63, 3.8) is 0 Å². The molecule has 6 nitrogen and oxygen atoms in total. The normalized spacial score (nSPS) is 21.0. The van der Waals surface area contributed by atoms with Crippen LogP contribution < -0.4 is 10.2 Å². The third-order valence-electron chi connectivity index (χ3n) is 5.40. The van der Waals surface area contributed by atoms with Crippen molar-refractivity contribution in [2.45, 2.75) is 51.1 Å². The van der Waals surface area contributed by atoms with E-state index in [1.165, 1.54) is 0 Å². The fourth-order valence-corrected chi connectivity index (χ4v) is 3.95. The van der Waals surface area contributed by atoms with Crippen molar-refractivity contribution in [2.75, 3.05) is 18.0 Å². The molecule has 132 valence electrons. The van der Waals surface area contributed by atoms with Gasteiger partial charge in [0.25, 0.3) is 5.91 Å². The zero-order valence-electron chi connectivity index (χ0n) is 14.7. The maximum atomic E-state index is 12.7. The SMILES string of the molecule is CC1CCCc2c(C(=O)NC3CCN(c4ccccn4)CC3)cnn21. The molecule has 1 atom stereocenters. The van der Waals surface area contributed by atoms with E-state index < -0.39 is 0 Å². The molecule has 4 heterocycles. The summed E-state index contributed by atoms with van der Waals surface area (Å²) in [5.74, 6) is 1.05. The van der Waals surface area contributed by atoms with Crippen LogP contribution >= 0.6 is 0 Å². The van der Waals surface area contributed by atoms with Crippen molar-refractivity contribution in [1.82, 2.24) is 20.1 Å². The summed E-state index contributed by atoms with van der Waals surface area (Å²) >= 11 is 0. The number of piperidine rings is 1. The molecule has 0 bridgehead atoms. The average molecular weight is 339 g/mol. The summed E-state index contributed by atoms with van der Waals surface area (Å²) < 4.78 is 2.03. The van der Waals surface area contributed by atoms with E-state index in [4.69, 9.17) is 0 Å². The summed E-state index contributed by atoms with van der Waals surface area (Å²) in [6.45, 7) is 4.01. The second-order valence-electron chi connectivity index (χ2n) is 7.11. The zero-order chi connectivity index (χ0) is 17.2. The molecule has 2 aliphatic heterocycles. The van der Waals surface area contributed by atoms with Crippen molar-refractivity contribution in [3.05, 3.63) is 41.9 Å². The Morgan fingerprint density at radius 1 is 1.24 bits per heavy atom. The van der Waals surface area contributed by atoms with Gasteiger partial charge in [0.2, 0.25) is 0 Å². The van der Waals surface area contributed by atoms with Gasteiger partial charge in [0, 0.05) is 31.4 Å². The van der Waals surface area contributed by atoms with Crippen LogP contribution in [-0.4, -0.2) is 39.8 Å². The minimum Gasteiger partial charge on any atom is -0.356 e. The summed E-state index contributed by atoms with van der Waals surface area (Å²) in [6, 6.07) is 6.61. The fourth-order valence-electron chi connectivity index (χ4n) is 3.95. The van der Waals surface area contributed by atoms with Crippen LogP contribution in [0.25, 0.3) is 0 Å². The first-order valence-electron chi connectivity index (χ1n) is 9.25. The number of nitrogens with one attached hydrogen (secondary N) is 1. The van der Waals surface area contributed by atoms with Gasteiger partial charge in [-0.3, -0.25) is 9.48 Å². The molecule has 1 amide bonds. The van der Waals surface area contributed by atoms with Gasteiger partial charge in [-0.15, -0.1) is 0 Å². The van der Waals surface area contributed by atoms with E-state index in [1.54, 1.807) is 6.20 Å². The van der Waals surface area contributed by atoms with E-state index in [9.17, 15) is 4.79 Å². The summed E-state index contributed by atoms with van der Waals surface area (Å²) in [5.41, 5.74) is 1.86. The number of amides is 1. The van der Waals surface area contributed by atoms with E-state index in [1.807, 2.05) is 29.1 Å². The number of fused-ring (bicyclic) bond motifs is 1. The standard InChI is InChI=1S/C19H25N5O/c1-14-5-4-6-17-16(13-21-24(14)17)19(25)22-15-8-11-23(12-9-15)18-7-2-3-10-20-18/h2-3,7,10,13-15H,4-6,8-9,11-12H2,1H3,(H,22,25). The minimum absolute atomic E-state index is 0.0339. The Kier molecular flexibility index (Phi) is 4.42. The highest BCUT2D eigenvalue weighted by Gasteiger charge is 2.26. The molecule has 1 fully saturated rings. The molecule has 0 aliphatic carbocycles. The first-order valence-corrected chi connectivity index (χ1v) is 9.25. The quantitative estimate of drug-likeness (QED) is 0.933. The lowest BCUT2D eigenvalue weighted by Gasteiger charge is -2.33. The summed E-state index contributed by atoms with van der Waals surface area (Å²) in [4.78, 5) is 19.4. The summed E-state index contributed by atoms with van der Waals surface area (Å²) in [7, 11) is 0. The van der Waals surface area contributed by atoms with Gasteiger partial charge in [0.05, 0.1) is 17.5 Å². The number of nitrogens with zero attached hydrogens (tertiary/aromatic N) is 4. The number of aromatic nitrogens is 3. The number of anilines is 1. The Bertz CT molecular complexity index is 734. The predicted octanol–water partition coefficient (Wildman–Crippen LogP) is 2.57. The van der Waals surface area contributed by atoms with Crippen molar-refractivity contribution in [2.24, 2.45) is 0 Å². The molecule has 2 aliphatic rings. The van der Waals surface area contributed by atoms with Crippen LogP contribution in [0, 0.1) is 0 Å². The number of carbonyl (C=O) groups excluding carboxylic acids is 1. The number of pyridine rings is 1. The van der Waals surface area contributed by atoms with Crippen molar-refractivity contribution in [3.8, 4) is 0 Å². The predicted molar refractivity (Wildman–Crippen MR) is 96.8 cm³/mol. The molecule has 0 aromatic carbocycles. The molecule has 0 spiro atoms. The molecule has 25 heavy (non-hydrogen) atoms. The van der Waals surface area contributed by atoms with E-state index in [0.29, 0.717) is 6.04 Å². The van der Waals surface area contributed by atoms with Crippen LogP contribution in [0.3, 0.4) is 0 Å². The molecule has 1 N–H and O–H groups in total. The van der Waals surface area contributed by atoms with E-state index >= 15 is 0 Å². The lowest BCUT2D eigenvalue weighted by atomic mass is 10.0. The van der Waals surface area contributed by atoms with E-state index in [0.717, 1.165) is 62.3 Å². The maximum absolute atomic E-state index is 12.7. The highest BCUT2D eigenvalue weighted by Crippen LogP contribution is 2.26. The monoisotopic (exact) mass is 339 g/mol. The lowest BCUT2D eigenvalue weighted by Crippen LogP contribution is -2.45. The first-order chi connectivity index (χ1) is 12.2. The van der Waals surface area contributed by atoms with E-state index in [2.05, 4.69) is 27.2 Å². The first kappa shape index (κ1) is 16.1. The lowest BCUT2D eigenvalue weighted by molar-refractivity contribution is 0.0929. The van der Waals surface area contributed by atoms with Crippen LogP contribution in [0.1, 0.15) is 54.7 Å². The highest BCUT2D eigenvalue weighted by molar-refractivity contribution is 5.95. The Morgan fingerprint density at radius 2 is 2.08 bits per heavy atom. The second kappa shape index (κ2) is 6.86. The number of rotatable bonds is 3. The smallest absolute Gasteiger partial charge is 0.254 e. The molecule has 0 saturated carbocycles. The molecule has 2 aromatic rings. The number of hydrogen-bond acceptors (Lipinski definition) is 4. The zero-order valence-corrected chi connectivity index (χ0v) is 14.7. The Morgan fingerprint density at radius 3 is 2.84 bits per heavy atom.